The Kier molecular flexibility index (Phi) is 5.39. The fraction of sp³-hybridized carbons (Fsp3) is 0.150. The van der Waals surface area contributed by atoms with Crippen molar-refractivity contribution >= 4 is 33.8 Å². The van der Waals surface area contributed by atoms with E-state index in [0.717, 1.165) is 19.4 Å². The van der Waals surface area contributed by atoms with Gasteiger partial charge in [-0.3, -0.25) is 0 Å². The number of halogens is 1. The molecule has 24 heavy (non-hydrogen) atoms. The van der Waals surface area contributed by atoms with Crippen molar-refractivity contribution in [3.63, 3.8) is 0 Å². The zero-order chi connectivity index (χ0) is 16.8. The minimum Gasteiger partial charge on any atom is -0.362 e. The molecule has 0 bridgehead atoms. The Morgan fingerprint density at radius 3 is 2.62 bits per heavy atom. The van der Waals surface area contributed by atoms with E-state index < -0.39 is 0 Å². The van der Waals surface area contributed by atoms with Crippen LogP contribution in [0.4, 0.5) is 10.1 Å². The molecular formula is C20H19FN2S. The molecule has 3 aromatic carbocycles. The third-order valence-corrected chi connectivity index (χ3v) is 4.12. The van der Waals surface area contributed by atoms with Gasteiger partial charge in [0.25, 0.3) is 0 Å². The summed E-state index contributed by atoms with van der Waals surface area (Å²) in [7, 11) is 0. The van der Waals surface area contributed by atoms with Crippen LogP contribution in [0.3, 0.4) is 0 Å². The van der Waals surface area contributed by atoms with E-state index in [-0.39, 0.29) is 5.82 Å². The second-order valence-corrected chi connectivity index (χ2v) is 6.04. The lowest BCUT2D eigenvalue weighted by molar-refractivity contribution is 0.628. The molecule has 0 amide bonds. The Morgan fingerprint density at radius 1 is 0.958 bits per heavy atom. The summed E-state index contributed by atoms with van der Waals surface area (Å²) >= 11 is 5.24. The standard InChI is InChI=1S/C20H19FN2S/c21-17-10-4-11-18(14-17)23-20(24)22-13-5-9-16-8-3-7-15-6-1-2-12-19(15)16/h1-4,6-8,10-12,14H,5,9,13H2,(H2,22,23,24). The van der Waals surface area contributed by atoms with Gasteiger partial charge in [0.1, 0.15) is 5.82 Å². The summed E-state index contributed by atoms with van der Waals surface area (Å²) in [6.45, 7) is 0.768. The summed E-state index contributed by atoms with van der Waals surface area (Å²) in [5.41, 5.74) is 2.00. The number of anilines is 1. The number of aryl methyl sites for hydroxylation is 1. The van der Waals surface area contributed by atoms with Crippen LogP contribution < -0.4 is 10.6 Å². The van der Waals surface area contributed by atoms with Gasteiger partial charge in [0.05, 0.1) is 0 Å². The fourth-order valence-electron chi connectivity index (χ4n) is 2.73. The van der Waals surface area contributed by atoms with Gasteiger partial charge < -0.3 is 10.6 Å². The number of rotatable bonds is 5. The Morgan fingerprint density at radius 2 is 1.75 bits per heavy atom. The smallest absolute Gasteiger partial charge is 0.170 e. The third-order valence-electron chi connectivity index (χ3n) is 3.87. The maximum Gasteiger partial charge on any atom is 0.170 e. The summed E-state index contributed by atoms with van der Waals surface area (Å²) in [6.07, 6.45) is 1.95. The van der Waals surface area contributed by atoms with Gasteiger partial charge in [0, 0.05) is 12.2 Å². The Bertz CT molecular complexity index is 842. The molecule has 3 aromatic rings. The van der Waals surface area contributed by atoms with E-state index in [1.807, 2.05) is 0 Å². The molecule has 0 aromatic heterocycles. The SMILES string of the molecule is Fc1cccc(NC(=S)NCCCc2cccc3ccccc23)c1. The van der Waals surface area contributed by atoms with E-state index in [9.17, 15) is 4.39 Å². The number of nitrogens with one attached hydrogen (secondary N) is 2. The molecule has 0 aliphatic rings. The number of hydrogen-bond donors (Lipinski definition) is 2. The molecule has 0 saturated heterocycles. The average molecular weight is 338 g/mol. The topological polar surface area (TPSA) is 24.1 Å². The molecule has 122 valence electrons. The highest BCUT2D eigenvalue weighted by molar-refractivity contribution is 7.80. The van der Waals surface area contributed by atoms with E-state index in [0.29, 0.717) is 10.8 Å². The molecule has 0 heterocycles. The van der Waals surface area contributed by atoms with Gasteiger partial charge in [0.2, 0.25) is 0 Å². The molecule has 0 radical (unpaired) electrons. The predicted octanol–water partition coefficient (Wildman–Crippen LogP) is 4.90. The van der Waals surface area contributed by atoms with Crippen LogP contribution in [0.25, 0.3) is 10.8 Å². The third kappa shape index (κ3) is 4.30. The molecule has 0 unspecified atom stereocenters. The minimum absolute atomic E-state index is 0.279. The number of benzene rings is 3. The van der Waals surface area contributed by atoms with Crippen molar-refractivity contribution < 1.29 is 4.39 Å². The maximum absolute atomic E-state index is 13.1. The van der Waals surface area contributed by atoms with Gasteiger partial charge in [-0.1, -0.05) is 48.5 Å². The molecule has 4 heteroatoms. The molecule has 0 saturated carbocycles. The van der Waals surface area contributed by atoms with E-state index in [1.165, 1.54) is 28.5 Å². The minimum atomic E-state index is -0.279. The highest BCUT2D eigenvalue weighted by atomic mass is 32.1. The molecule has 0 aliphatic carbocycles. The largest absolute Gasteiger partial charge is 0.362 e. The van der Waals surface area contributed by atoms with Gasteiger partial charge in [-0.2, -0.15) is 0 Å². The first-order valence-electron chi connectivity index (χ1n) is 7.99. The van der Waals surface area contributed by atoms with Crippen LogP contribution in [-0.4, -0.2) is 11.7 Å². The maximum atomic E-state index is 13.1. The number of hydrogen-bond acceptors (Lipinski definition) is 1. The molecule has 0 atom stereocenters. The summed E-state index contributed by atoms with van der Waals surface area (Å²) in [5.74, 6) is -0.279. The Balaban J connectivity index is 1.49. The van der Waals surface area contributed by atoms with E-state index in [2.05, 4.69) is 53.1 Å². The molecule has 2 N–H and O–H groups in total. The van der Waals surface area contributed by atoms with Gasteiger partial charge in [-0.05, 0) is 59.6 Å². The van der Waals surface area contributed by atoms with Crippen LogP contribution >= 0.6 is 12.2 Å². The first-order chi connectivity index (χ1) is 11.7. The fourth-order valence-corrected chi connectivity index (χ4v) is 2.95. The quantitative estimate of drug-likeness (QED) is 0.511. The van der Waals surface area contributed by atoms with Gasteiger partial charge in [-0.25, -0.2) is 4.39 Å². The predicted molar refractivity (Wildman–Crippen MR) is 103 cm³/mol. The second kappa shape index (κ2) is 7.88. The van der Waals surface area contributed by atoms with Crippen LogP contribution in [0.2, 0.25) is 0 Å². The first-order valence-corrected chi connectivity index (χ1v) is 8.40. The second-order valence-electron chi connectivity index (χ2n) is 5.63. The average Bonchev–Trinajstić information content (AvgIpc) is 2.59. The van der Waals surface area contributed by atoms with Crippen molar-refractivity contribution in [2.75, 3.05) is 11.9 Å². The molecule has 3 rings (SSSR count). The van der Waals surface area contributed by atoms with Crippen molar-refractivity contribution in [1.82, 2.24) is 5.32 Å². The van der Waals surface area contributed by atoms with Gasteiger partial charge in [0.15, 0.2) is 5.11 Å². The van der Waals surface area contributed by atoms with Crippen molar-refractivity contribution in [3.05, 3.63) is 78.1 Å². The van der Waals surface area contributed by atoms with Crippen LogP contribution in [0, 0.1) is 5.82 Å². The normalized spacial score (nSPS) is 10.5. The lowest BCUT2D eigenvalue weighted by atomic mass is 10.0. The van der Waals surface area contributed by atoms with E-state index in [1.54, 1.807) is 12.1 Å². The van der Waals surface area contributed by atoms with Crippen molar-refractivity contribution in [3.8, 4) is 0 Å². The van der Waals surface area contributed by atoms with Crippen molar-refractivity contribution in [2.24, 2.45) is 0 Å². The number of thiocarbonyl (C=S) groups is 1. The Labute approximate surface area is 146 Å². The summed E-state index contributed by atoms with van der Waals surface area (Å²) in [4.78, 5) is 0. The van der Waals surface area contributed by atoms with E-state index >= 15 is 0 Å². The lowest BCUT2D eigenvalue weighted by Gasteiger charge is -2.11. The monoisotopic (exact) mass is 338 g/mol. The summed E-state index contributed by atoms with van der Waals surface area (Å²) in [6, 6.07) is 21.1. The van der Waals surface area contributed by atoms with Gasteiger partial charge in [-0.15, -0.1) is 0 Å². The highest BCUT2D eigenvalue weighted by Crippen LogP contribution is 2.19. The van der Waals surface area contributed by atoms with Crippen molar-refractivity contribution in [2.45, 2.75) is 12.8 Å². The first kappa shape index (κ1) is 16.4. The molecule has 0 aliphatic heterocycles. The van der Waals surface area contributed by atoms with E-state index in [4.69, 9.17) is 12.2 Å². The molecular weight excluding hydrogens is 319 g/mol. The summed E-state index contributed by atoms with van der Waals surface area (Å²) < 4.78 is 13.1. The number of fused-ring (bicyclic) bond motifs is 1. The molecule has 0 spiro atoms. The molecule has 0 fully saturated rings. The van der Waals surface area contributed by atoms with Crippen LogP contribution in [0.15, 0.2) is 66.7 Å². The summed E-state index contributed by atoms with van der Waals surface area (Å²) in [5, 5.41) is 9.25. The van der Waals surface area contributed by atoms with Crippen LogP contribution in [0.5, 0.6) is 0 Å². The van der Waals surface area contributed by atoms with Crippen molar-refractivity contribution in [1.29, 1.82) is 0 Å². The van der Waals surface area contributed by atoms with Gasteiger partial charge >= 0.3 is 0 Å². The lowest BCUT2D eigenvalue weighted by Crippen LogP contribution is -2.29. The highest BCUT2D eigenvalue weighted by Gasteiger charge is 2.01. The zero-order valence-corrected chi connectivity index (χ0v) is 14.1. The van der Waals surface area contributed by atoms with Crippen LogP contribution in [0.1, 0.15) is 12.0 Å². The molecule has 2 nitrogen and oxygen atoms in total. The van der Waals surface area contributed by atoms with Crippen LogP contribution in [-0.2, 0) is 6.42 Å². The Hall–Kier alpha value is -2.46. The zero-order valence-electron chi connectivity index (χ0n) is 13.3.